The fourth-order valence-electron chi connectivity index (χ4n) is 5.31. The van der Waals surface area contributed by atoms with Gasteiger partial charge in [0.1, 0.15) is 11.6 Å². The molecule has 4 heterocycles. The summed E-state index contributed by atoms with van der Waals surface area (Å²) < 4.78 is 0. The zero-order valence-corrected chi connectivity index (χ0v) is 19.9. The molecule has 2 aliphatic heterocycles. The van der Waals surface area contributed by atoms with Crippen LogP contribution in [0.3, 0.4) is 0 Å². The van der Waals surface area contributed by atoms with Crippen LogP contribution in [0.5, 0.6) is 0 Å². The third kappa shape index (κ3) is 5.36. The van der Waals surface area contributed by atoms with E-state index in [1.807, 2.05) is 48.2 Å². The van der Waals surface area contributed by atoms with Gasteiger partial charge >= 0.3 is 0 Å². The highest BCUT2D eigenvalue weighted by Gasteiger charge is 2.35. The number of anilines is 2. The molecule has 4 rings (SSSR count). The average molecular weight is 434 g/mol. The van der Waals surface area contributed by atoms with Crippen molar-refractivity contribution in [3.05, 3.63) is 59.4 Å². The van der Waals surface area contributed by atoms with Crippen LogP contribution in [-0.2, 0) is 4.79 Å². The lowest BCUT2D eigenvalue weighted by atomic mass is 9.82. The van der Waals surface area contributed by atoms with Gasteiger partial charge in [0.05, 0.1) is 11.7 Å². The number of carbonyl (C=O) groups excluding carboxylic acids is 1. The van der Waals surface area contributed by atoms with Crippen molar-refractivity contribution in [3.8, 4) is 0 Å². The normalized spacial score (nSPS) is 21.8. The second-order valence-corrected chi connectivity index (χ2v) is 10.4. The lowest BCUT2D eigenvalue weighted by Crippen LogP contribution is -2.54. The number of aromatic nitrogens is 2. The van der Waals surface area contributed by atoms with E-state index in [-0.39, 0.29) is 23.0 Å². The highest BCUT2D eigenvalue weighted by Crippen LogP contribution is 2.35. The summed E-state index contributed by atoms with van der Waals surface area (Å²) in [5, 5.41) is 6.94. The van der Waals surface area contributed by atoms with Gasteiger partial charge in [-0.3, -0.25) is 4.79 Å². The van der Waals surface area contributed by atoms with Crippen LogP contribution in [0.1, 0.15) is 70.8 Å². The Labute approximate surface area is 191 Å². The maximum absolute atomic E-state index is 13.3. The van der Waals surface area contributed by atoms with Crippen LogP contribution in [-0.4, -0.2) is 38.4 Å². The van der Waals surface area contributed by atoms with Gasteiger partial charge in [0, 0.05) is 29.7 Å². The fourth-order valence-corrected chi connectivity index (χ4v) is 5.31. The Morgan fingerprint density at radius 3 is 2.56 bits per heavy atom. The topological polar surface area (TPSA) is 70.2 Å². The number of carbonyl (C=O) groups is 1. The van der Waals surface area contributed by atoms with Gasteiger partial charge in [-0.1, -0.05) is 23.8 Å². The number of rotatable bonds is 5. The second kappa shape index (κ2) is 8.66. The van der Waals surface area contributed by atoms with E-state index in [0.717, 1.165) is 48.8 Å². The summed E-state index contributed by atoms with van der Waals surface area (Å²) in [5.74, 6) is 1.73. The van der Waals surface area contributed by atoms with Crippen LogP contribution in [0.25, 0.3) is 0 Å². The Morgan fingerprint density at radius 1 is 1.12 bits per heavy atom. The highest BCUT2D eigenvalue weighted by molar-refractivity contribution is 5.79. The largest absolute Gasteiger partial charge is 0.334 e. The lowest BCUT2D eigenvalue weighted by Gasteiger charge is -2.41. The molecule has 1 saturated heterocycles. The minimum absolute atomic E-state index is 0.0103. The summed E-state index contributed by atoms with van der Waals surface area (Å²) in [7, 11) is 0. The van der Waals surface area contributed by atoms with Crippen LogP contribution in [0.15, 0.2) is 48.0 Å². The van der Waals surface area contributed by atoms with Crippen LogP contribution in [0, 0.1) is 6.92 Å². The highest BCUT2D eigenvalue weighted by atomic mass is 16.2. The van der Waals surface area contributed by atoms with Crippen molar-refractivity contribution in [2.24, 2.45) is 0 Å². The number of hydrogen-bond donors (Lipinski definition) is 2. The van der Waals surface area contributed by atoms with E-state index >= 15 is 0 Å². The minimum atomic E-state index is -0.104. The van der Waals surface area contributed by atoms with Gasteiger partial charge < -0.3 is 15.5 Å². The molecule has 2 aliphatic rings. The van der Waals surface area contributed by atoms with Gasteiger partial charge in [-0.05, 0) is 78.1 Å². The van der Waals surface area contributed by atoms with Gasteiger partial charge in [0.25, 0.3) is 0 Å². The van der Waals surface area contributed by atoms with E-state index in [4.69, 9.17) is 4.98 Å². The van der Waals surface area contributed by atoms with E-state index < -0.39 is 0 Å². The number of nitrogens with zero attached hydrogens (tertiary/aromatic N) is 3. The molecule has 2 N–H and O–H groups in total. The van der Waals surface area contributed by atoms with Crippen LogP contribution >= 0.6 is 0 Å². The molecule has 6 heteroatoms. The fraction of sp³-hybridized carbons (Fsp3) is 0.500. The molecule has 1 amide bonds. The molecule has 2 aromatic rings. The van der Waals surface area contributed by atoms with Gasteiger partial charge in [0.15, 0.2) is 0 Å². The molecular weight excluding hydrogens is 398 g/mol. The number of nitrogens with one attached hydrogen (secondary N) is 2. The summed E-state index contributed by atoms with van der Waals surface area (Å²) in [5.41, 5.74) is 3.01. The molecule has 170 valence electrons. The second-order valence-electron chi connectivity index (χ2n) is 10.4. The summed E-state index contributed by atoms with van der Waals surface area (Å²) >= 11 is 0. The Hall–Kier alpha value is -2.73. The van der Waals surface area contributed by atoms with Crippen LogP contribution in [0.2, 0.25) is 0 Å². The first-order valence-corrected chi connectivity index (χ1v) is 11.6. The maximum atomic E-state index is 13.3. The molecule has 0 bridgehead atoms. The Bertz CT molecular complexity index is 1030. The average Bonchev–Trinajstić information content (AvgIpc) is 3.16. The zero-order valence-electron chi connectivity index (χ0n) is 19.9. The van der Waals surface area contributed by atoms with Crippen molar-refractivity contribution in [2.75, 3.05) is 11.9 Å². The predicted octanol–water partition coefficient (Wildman–Crippen LogP) is 5.06. The van der Waals surface area contributed by atoms with Crippen molar-refractivity contribution in [1.82, 2.24) is 20.2 Å². The van der Waals surface area contributed by atoms with E-state index in [1.54, 1.807) is 0 Å². The Morgan fingerprint density at radius 2 is 1.84 bits per heavy atom. The third-order valence-electron chi connectivity index (χ3n) is 6.10. The summed E-state index contributed by atoms with van der Waals surface area (Å²) in [6, 6.07) is 11.9. The molecule has 0 radical (unpaired) electrons. The molecule has 32 heavy (non-hydrogen) atoms. The smallest absolute Gasteiger partial charge is 0.227 e. The van der Waals surface area contributed by atoms with Crippen molar-refractivity contribution < 1.29 is 4.79 Å². The minimum Gasteiger partial charge on any atom is -0.334 e. The standard InChI is InChI=1S/C26H35N5O/c1-18-9-6-12-22(27-18)29-23-13-7-10-20(28-23)21-11-8-14-31(21)24(32)15-19-16-25(2,3)30-26(4,5)17-19/h6-7,9-10,12-13,16,21,30H,8,11,14-15,17H2,1-5H3,(H,27,28,29)/t21-/m1/s1. The molecule has 0 unspecified atom stereocenters. The first-order valence-electron chi connectivity index (χ1n) is 11.6. The number of aryl methyl sites for hydroxylation is 1. The summed E-state index contributed by atoms with van der Waals surface area (Å²) in [6.45, 7) is 11.5. The molecule has 0 aliphatic carbocycles. The van der Waals surface area contributed by atoms with E-state index in [0.29, 0.717) is 6.42 Å². The SMILES string of the molecule is Cc1cccc(Nc2cccc([C@H]3CCCN3C(=O)CC3=CC(C)(C)NC(C)(C)C3)n2)n1. The first kappa shape index (κ1) is 22.5. The third-order valence-corrected chi connectivity index (χ3v) is 6.10. The van der Waals surface area contributed by atoms with Crippen LogP contribution < -0.4 is 10.6 Å². The monoisotopic (exact) mass is 433 g/mol. The molecule has 0 saturated carbocycles. The first-order chi connectivity index (χ1) is 15.1. The molecule has 1 fully saturated rings. The van der Waals surface area contributed by atoms with Crippen molar-refractivity contribution in [1.29, 1.82) is 0 Å². The van der Waals surface area contributed by atoms with E-state index in [9.17, 15) is 4.79 Å². The van der Waals surface area contributed by atoms with E-state index in [2.05, 4.69) is 49.4 Å². The maximum Gasteiger partial charge on any atom is 0.227 e. The molecule has 6 nitrogen and oxygen atoms in total. The lowest BCUT2D eigenvalue weighted by molar-refractivity contribution is -0.131. The van der Waals surface area contributed by atoms with Gasteiger partial charge in [-0.15, -0.1) is 0 Å². The number of hydrogen-bond acceptors (Lipinski definition) is 5. The molecule has 0 spiro atoms. The van der Waals surface area contributed by atoms with Crippen molar-refractivity contribution in [2.45, 2.75) is 77.4 Å². The quantitative estimate of drug-likeness (QED) is 0.645. The molecule has 2 aromatic heterocycles. The van der Waals surface area contributed by atoms with Gasteiger partial charge in [-0.25, -0.2) is 9.97 Å². The van der Waals surface area contributed by atoms with Crippen LogP contribution in [0.4, 0.5) is 11.6 Å². The number of likely N-dealkylation sites (tertiary alicyclic amines) is 1. The Balaban J connectivity index is 1.49. The zero-order chi connectivity index (χ0) is 22.9. The Kier molecular flexibility index (Phi) is 6.08. The van der Waals surface area contributed by atoms with Crippen molar-refractivity contribution >= 4 is 17.5 Å². The number of pyridine rings is 2. The molecule has 1 atom stereocenters. The summed E-state index contributed by atoms with van der Waals surface area (Å²) in [6.07, 6.45) is 5.56. The van der Waals surface area contributed by atoms with E-state index in [1.165, 1.54) is 5.57 Å². The number of amides is 1. The molecular formula is C26H35N5O. The van der Waals surface area contributed by atoms with Gasteiger partial charge in [-0.2, -0.15) is 0 Å². The van der Waals surface area contributed by atoms with Gasteiger partial charge in [0.2, 0.25) is 5.91 Å². The predicted molar refractivity (Wildman–Crippen MR) is 129 cm³/mol. The summed E-state index contributed by atoms with van der Waals surface area (Å²) in [4.78, 5) is 24.7. The molecule has 0 aromatic carbocycles. The van der Waals surface area contributed by atoms with Crippen molar-refractivity contribution in [3.63, 3.8) is 0 Å².